The van der Waals surface area contributed by atoms with Crippen LogP contribution in [0.15, 0.2) is 0 Å². The molecule has 264 valence electrons. The van der Waals surface area contributed by atoms with Gasteiger partial charge in [-0.1, -0.05) is 0 Å². The van der Waals surface area contributed by atoms with Gasteiger partial charge in [0.25, 0.3) is 0 Å². The molecule has 4 rings (SSSR count). The molecule has 4 saturated heterocycles. The van der Waals surface area contributed by atoms with Crippen molar-refractivity contribution in [3.05, 3.63) is 0 Å². The number of hydrogen-bond acceptors (Lipinski definition) is 21. The highest BCUT2D eigenvalue weighted by atomic mass is 16.8. The number of aliphatic hydroxyl groups is 14. The molecule has 0 unspecified atom stereocenters. The third-order valence-electron chi connectivity index (χ3n) is 8.17. The van der Waals surface area contributed by atoms with Crippen LogP contribution < -0.4 is 0 Å². The van der Waals surface area contributed by atoms with Gasteiger partial charge in [-0.3, -0.25) is 0 Å². The quantitative estimate of drug-likeness (QED) is 0.103. The molecule has 21 nitrogen and oxygen atoms in total. The highest BCUT2D eigenvalue weighted by Gasteiger charge is 2.52. The lowest BCUT2D eigenvalue weighted by Gasteiger charge is -2.47. The van der Waals surface area contributed by atoms with Gasteiger partial charge >= 0.3 is 0 Å². The predicted molar refractivity (Wildman–Crippen MR) is 134 cm³/mol. The zero-order valence-electron chi connectivity index (χ0n) is 23.5. The molecule has 0 radical (unpaired) electrons. The average Bonchev–Trinajstić information content (AvgIpc) is 3.02. The van der Waals surface area contributed by atoms with Crippen LogP contribution in [0.2, 0.25) is 0 Å². The number of ether oxygens (including phenoxy) is 7. The van der Waals surface area contributed by atoms with Crippen LogP contribution in [-0.2, 0) is 33.2 Å². The smallest absolute Gasteiger partial charge is 0.187 e. The Kier molecular flexibility index (Phi) is 12.8. The first-order valence-electron chi connectivity index (χ1n) is 14.1. The van der Waals surface area contributed by atoms with E-state index in [1.807, 2.05) is 0 Å². The van der Waals surface area contributed by atoms with Crippen LogP contribution in [0.3, 0.4) is 0 Å². The SMILES string of the molecule is OC[C@H]1O[C@@H](OC[C@H]2O[C@@H](OC[C@H]3O[C@@H](O)[C@H](O)[C@@H](O)[C@@H]3O)[C@H](O)[C@@H](O[C@@H]3O[C@H](CO)[C@@H](O)[C@H](O)[C@H]3O)[C@@H]2O)[C@H](O)[C@@H](O)[C@@H]1O. The van der Waals surface area contributed by atoms with E-state index in [-0.39, 0.29) is 0 Å². The summed E-state index contributed by atoms with van der Waals surface area (Å²) in [7, 11) is 0. The van der Waals surface area contributed by atoms with Gasteiger partial charge < -0.3 is 105 Å². The van der Waals surface area contributed by atoms with Crippen molar-refractivity contribution in [3.63, 3.8) is 0 Å². The molecule has 0 amide bonds. The van der Waals surface area contributed by atoms with E-state index >= 15 is 0 Å². The van der Waals surface area contributed by atoms with Crippen LogP contribution in [-0.4, -0.2) is 221 Å². The molecule has 0 bridgehead atoms. The van der Waals surface area contributed by atoms with Gasteiger partial charge in [-0.25, -0.2) is 0 Å². The number of hydrogen-bond donors (Lipinski definition) is 14. The molecule has 14 N–H and O–H groups in total. The molecule has 20 atom stereocenters. The molecule has 0 aromatic rings. The van der Waals surface area contributed by atoms with E-state index in [4.69, 9.17) is 33.2 Å². The van der Waals surface area contributed by atoms with Crippen LogP contribution in [0.25, 0.3) is 0 Å². The van der Waals surface area contributed by atoms with Crippen molar-refractivity contribution in [1.82, 2.24) is 0 Å². The fraction of sp³-hybridized carbons (Fsp3) is 1.00. The van der Waals surface area contributed by atoms with Crippen LogP contribution in [0.4, 0.5) is 0 Å². The highest BCUT2D eigenvalue weighted by molar-refractivity contribution is 4.96. The second kappa shape index (κ2) is 15.6. The zero-order chi connectivity index (χ0) is 33.3. The third kappa shape index (κ3) is 7.75. The molecule has 21 heteroatoms. The predicted octanol–water partition coefficient (Wildman–Crippen LogP) is -9.75. The van der Waals surface area contributed by atoms with Crippen LogP contribution >= 0.6 is 0 Å². The summed E-state index contributed by atoms with van der Waals surface area (Å²) in [4.78, 5) is 0. The van der Waals surface area contributed by atoms with E-state index in [0.29, 0.717) is 0 Å². The van der Waals surface area contributed by atoms with E-state index in [0.717, 1.165) is 0 Å². The van der Waals surface area contributed by atoms with Gasteiger partial charge in [0.2, 0.25) is 0 Å². The summed E-state index contributed by atoms with van der Waals surface area (Å²) in [6.07, 6.45) is -35.1. The number of rotatable bonds is 10. The molecular weight excluding hydrogens is 624 g/mol. The molecule has 4 fully saturated rings. The molecule has 4 aliphatic heterocycles. The van der Waals surface area contributed by atoms with Crippen molar-refractivity contribution >= 4 is 0 Å². The van der Waals surface area contributed by atoms with Gasteiger partial charge in [-0.05, 0) is 0 Å². The fourth-order valence-corrected chi connectivity index (χ4v) is 5.33. The minimum absolute atomic E-state index is 0.702. The molecule has 0 spiro atoms. The van der Waals surface area contributed by atoms with E-state index < -0.39 is 149 Å². The maximum absolute atomic E-state index is 11.1. The Morgan fingerprint density at radius 2 is 0.778 bits per heavy atom. The van der Waals surface area contributed by atoms with Crippen LogP contribution in [0.1, 0.15) is 0 Å². The minimum atomic E-state index is -1.96. The Balaban J connectivity index is 1.50. The second-order valence-electron chi connectivity index (χ2n) is 11.2. The normalized spacial score (nSPS) is 52.9. The van der Waals surface area contributed by atoms with Gasteiger partial charge in [0.1, 0.15) is 97.7 Å². The Morgan fingerprint density at radius 1 is 0.378 bits per heavy atom. The Labute approximate surface area is 254 Å². The third-order valence-corrected chi connectivity index (χ3v) is 8.17. The Morgan fingerprint density at radius 3 is 1.31 bits per heavy atom. The summed E-state index contributed by atoms with van der Waals surface area (Å²) in [5.74, 6) is 0. The van der Waals surface area contributed by atoms with Crippen molar-refractivity contribution in [2.75, 3.05) is 26.4 Å². The lowest BCUT2D eigenvalue weighted by Crippen LogP contribution is -2.65. The Hall–Kier alpha value is -0.840. The van der Waals surface area contributed by atoms with Crippen molar-refractivity contribution in [1.29, 1.82) is 0 Å². The van der Waals surface area contributed by atoms with Crippen molar-refractivity contribution < 1.29 is 105 Å². The summed E-state index contributed by atoms with van der Waals surface area (Å²) in [5.41, 5.74) is 0. The fourth-order valence-electron chi connectivity index (χ4n) is 5.33. The monoisotopic (exact) mass is 666 g/mol. The first-order chi connectivity index (χ1) is 21.2. The standard InChI is InChI=1S/C24H42O21/c25-1-5-9(27)14(32)17(35)22(42-5)39-4-8-12(30)20(45-24-18(36)15(33)10(28)6(2-26)43-24)19(37)23(44-8)40-3-7-11(29)13(31)16(34)21(38)41-7/h5-38H,1-4H2/t5-,6-,7-,8-,9-,10-,11-,12-,13+,14+,15+,16-,17-,18-,19-,20+,21-,22-,23-,24+/m1/s1. The lowest BCUT2D eigenvalue weighted by atomic mass is 9.96. The summed E-state index contributed by atoms with van der Waals surface area (Å²) in [5, 5.41) is 142. The van der Waals surface area contributed by atoms with E-state index in [9.17, 15) is 71.5 Å². The molecule has 0 saturated carbocycles. The number of aliphatic hydroxyl groups excluding tert-OH is 14. The molecule has 0 aliphatic carbocycles. The molecular formula is C24H42O21. The van der Waals surface area contributed by atoms with Crippen molar-refractivity contribution in [2.45, 2.75) is 123 Å². The summed E-state index contributed by atoms with van der Waals surface area (Å²) >= 11 is 0. The van der Waals surface area contributed by atoms with Crippen molar-refractivity contribution in [2.24, 2.45) is 0 Å². The maximum atomic E-state index is 11.1. The highest BCUT2D eigenvalue weighted by Crippen LogP contribution is 2.31. The van der Waals surface area contributed by atoms with Gasteiger partial charge in [0.05, 0.1) is 26.4 Å². The van der Waals surface area contributed by atoms with E-state index in [2.05, 4.69) is 0 Å². The summed E-state index contributed by atoms with van der Waals surface area (Å²) in [6, 6.07) is 0. The minimum Gasteiger partial charge on any atom is -0.394 e. The topological polar surface area (TPSA) is 348 Å². The zero-order valence-corrected chi connectivity index (χ0v) is 23.5. The van der Waals surface area contributed by atoms with Gasteiger partial charge in [0.15, 0.2) is 25.2 Å². The van der Waals surface area contributed by atoms with Gasteiger partial charge in [-0.15, -0.1) is 0 Å². The summed E-state index contributed by atoms with van der Waals surface area (Å²) < 4.78 is 37.7. The van der Waals surface area contributed by atoms with Crippen molar-refractivity contribution in [3.8, 4) is 0 Å². The maximum Gasteiger partial charge on any atom is 0.187 e. The average molecular weight is 667 g/mol. The largest absolute Gasteiger partial charge is 0.394 e. The van der Waals surface area contributed by atoms with Gasteiger partial charge in [-0.2, -0.15) is 0 Å². The lowest BCUT2D eigenvalue weighted by molar-refractivity contribution is -0.370. The summed E-state index contributed by atoms with van der Waals surface area (Å²) in [6.45, 7) is -2.99. The second-order valence-corrected chi connectivity index (χ2v) is 11.2. The van der Waals surface area contributed by atoms with Crippen LogP contribution in [0.5, 0.6) is 0 Å². The molecule has 4 heterocycles. The molecule has 45 heavy (non-hydrogen) atoms. The molecule has 0 aromatic heterocycles. The van der Waals surface area contributed by atoms with Crippen LogP contribution in [0, 0.1) is 0 Å². The Bertz CT molecular complexity index is 914. The first kappa shape index (κ1) is 37.0. The molecule has 0 aromatic carbocycles. The van der Waals surface area contributed by atoms with Gasteiger partial charge in [0, 0.05) is 0 Å². The first-order valence-corrected chi connectivity index (χ1v) is 14.1. The van der Waals surface area contributed by atoms with E-state index in [1.54, 1.807) is 0 Å². The molecule has 4 aliphatic rings. The van der Waals surface area contributed by atoms with E-state index in [1.165, 1.54) is 0 Å².